The fourth-order valence-corrected chi connectivity index (χ4v) is 3.45. The summed E-state index contributed by atoms with van der Waals surface area (Å²) in [5.41, 5.74) is 0. The fourth-order valence-electron chi connectivity index (χ4n) is 3.45. The molecule has 2 heteroatoms. The van der Waals surface area contributed by atoms with Gasteiger partial charge >= 0.3 is 0 Å². The van der Waals surface area contributed by atoms with Gasteiger partial charge in [-0.25, -0.2) is 0 Å². The molecule has 1 aliphatic heterocycles. The van der Waals surface area contributed by atoms with Crippen LogP contribution in [0, 0.1) is 5.92 Å². The van der Waals surface area contributed by atoms with Crippen molar-refractivity contribution in [3.8, 4) is 0 Å². The third-order valence-corrected chi connectivity index (χ3v) is 4.77. The van der Waals surface area contributed by atoms with E-state index in [-0.39, 0.29) is 0 Å². The van der Waals surface area contributed by atoms with Crippen molar-refractivity contribution in [1.82, 2.24) is 10.2 Å². The van der Waals surface area contributed by atoms with Gasteiger partial charge in [0, 0.05) is 31.2 Å². The molecule has 0 aromatic carbocycles. The van der Waals surface area contributed by atoms with Gasteiger partial charge in [0.2, 0.25) is 0 Å². The Morgan fingerprint density at radius 3 is 2.31 bits per heavy atom. The Labute approximate surface area is 99.8 Å². The summed E-state index contributed by atoms with van der Waals surface area (Å²) in [4.78, 5) is 2.77. The van der Waals surface area contributed by atoms with Crippen molar-refractivity contribution in [2.24, 2.45) is 5.92 Å². The quantitative estimate of drug-likeness (QED) is 0.789. The molecule has 2 aliphatic carbocycles. The van der Waals surface area contributed by atoms with Crippen molar-refractivity contribution in [2.75, 3.05) is 13.1 Å². The number of hydrogen-bond acceptors (Lipinski definition) is 2. The summed E-state index contributed by atoms with van der Waals surface area (Å²) in [6, 6.07) is 2.62. The van der Waals surface area contributed by atoms with Gasteiger partial charge in [0.25, 0.3) is 0 Å². The van der Waals surface area contributed by atoms with Crippen LogP contribution in [0.25, 0.3) is 0 Å². The van der Waals surface area contributed by atoms with Crippen LogP contribution in [0.1, 0.15) is 51.9 Å². The lowest BCUT2D eigenvalue weighted by Crippen LogP contribution is -2.39. The minimum Gasteiger partial charge on any atom is -0.310 e. The zero-order valence-electron chi connectivity index (χ0n) is 10.6. The van der Waals surface area contributed by atoms with E-state index in [0.29, 0.717) is 0 Å². The predicted octanol–water partition coefficient (Wildman–Crippen LogP) is 2.39. The molecule has 3 fully saturated rings. The van der Waals surface area contributed by atoms with Crippen LogP contribution < -0.4 is 5.32 Å². The molecule has 92 valence electrons. The Hall–Kier alpha value is -0.0800. The maximum atomic E-state index is 3.79. The lowest BCUT2D eigenvalue weighted by molar-refractivity contribution is 0.166. The molecule has 0 aromatic heterocycles. The second-order valence-corrected chi connectivity index (χ2v) is 6.34. The monoisotopic (exact) mass is 222 g/mol. The Bertz CT molecular complexity index is 229. The van der Waals surface area contributed by atoms with E-state index >= 15 is 0 Å². The van der Waals surface area contributed by atoms with Crippen molar-refractivity contribution in [2.45, 2.75) is 70.0 Å². The van der Waals surface area contributed by atoms with Gasteiger partial charge in [0.1, 0.15) is 0 Å². The van der Waals surface area contributed by atoms with E-state index in [1.807, 2.05) is 0 Å². The largest absolute Gasteiger partial charge is 0.310 e. The average Bonchev–Trinajstić information content (AvgIpc) is 2.97. The van der Waals surface area contributed by atoms with Crippen molar-refractivity contribution in [3.05, 3.63) is 0 Å². The van der Waals surface area contributed by atoms with Crippen LogP contribution in [-0.4, -0.2) is 36.1 Å². The molecule has 0 aromatic rings. The molecule has 0 spiro atoms. The Morgan fingerprint density at radius 1 is 0.875 bits per heavy atom. The minimum absolute atomic E-state index is 0.812. The molecule has 1 saturated heterocycles. The van der Waals surface area contributed by atoms with E-state index in [9.17, 15) is 0 Å². The topological polar surface area (TPSA) is 15.3 Å². The molecule has 0 bridgehead atoms. The molecule has 0 amide bonds. The lowest BCUT2D eigenvalue weighted by atomic mass is 9.87. The number of nitrogens with one attached hydrogen (secondary N) is 1. The summed E-state index contributed by atoms with van der Waals surface area (Å²) < 4.78 is 0. The van der Waals surface area contributed by atoms with Crippen LogP contribution in [0.3, 0.4) is 0 Å². The van der Waals surface area contributed by atoms with Crippen molar-refractivity contribution in [1.29, 1.82) is 0 Å². The van der Waals surface area contributed by atoms with Crippen LogP contribution in [0.15, 0.2) is 0 Å². The van der Waals surface area contributed by atoms with Crippen molar-refractivity contribution < 1.29 is 0 Å². The first-order chi connectivity index (χ1) is 7.81. The van der Waals surface area contributed by atoms with Gasteiger partial charge in [-0.3, -0.25) is 4.90 Å². The second-order valence-electron chi connectivity index (χ2n) is 6.34. The Balaban J connectivity index is 1.45. The fraction of sp³-hybridized carbons (Fsp3) is 1.00. The van der Waals surface area contributed by atoms with Gasteiger partial charge in [0.05, 0.1) is 0 Å². The molecular weight excluding hydrogens is 196 g/mol. The predicted molar refractivity (Wildman–Crippen MR) is 67.6 cm³/mol. The van der Waals surface area contributed by atoms with Crippen LogP contribution in [0.5, 0.6) is 0 Å². The van der Waals surface area contributed by atoms with E-state index in [1.165, 1.54) is 58.0 Å². The van der Waals surface area contributed by atoms with Crippen LogP contribution >= 0.6 is 0 Å². The summed E-state index contributed by atoms with van der Waals surface area (Å²) in [6.07, 6.45) is 10.1. The average molecular weight is 222 g/mol. The maximum absolute atomic E-state index is 3.79. The number of likely N-dealkylation sites (tertiary alicyclic amines) is 1. The summed E-state index contributed by atoms with van der Waals surface area (Å²) in [6.45, 7) is 5.09. The van der Waals surface area contributed by atoms with Gasteiger partial charge < -0.3 is 5.32 Å². The van der Waals surface area contributed by atoms with Gasteiger partial charge in [-0.15, -0.1) is 0 Å². The van der Waals surface area contributed by atoms with Crippen molar-refractivity contribution in [3.63, 3.8) is 0 Å². The van der Waals surface area contributed by atoms with E-state index < -0.39 is 0 Å². The molecule has 2 nitrogen and oxygen atoms in total. The highest BCUT2D eigenvalue weighted by Gasteiger charge is 2.33. The summed E-state index contributed by atoms with van der Waals surface area (Å²) in [5, 5.41) is 3.79. The zero-order chi connectivity index (χ0) is 11.0. The lowest BCUT2D eigenvalue weighted by Gasteiger charge is -2.33. The third-order valence-electron chi connectivity index (χ3n) is 4.77. The first-order valence-electron chi connectivity index (χ1n) is 7.31. The standard InChI is InChI=1S/C14H26N2/c1-11-2-6-14(7-3-11)16-9-8-13(10-16)15-12-4-5-12/h11-15H,2-10H2,1H3. The van der Waals surface area contributed by atoms with E-state index in [2.05, 4.69) is 17.1 Å². The van der Waals surface area contributed by atoms with Gasteiger partial charge in [-0.2, -0.15) is 0 Å². The van der Waals surface area contributed by atoms with Gasteiger partial charge in [-0.1, -0.05) is 6.92 Å². The number of hydrogen-bond donors (Lipinski definition) is 1. The zero-order valence-corrected chi connectivity index (χ0v) is 10.6. The maximum Gasteiger partial charge on any atom is 0.0209 e. The first kappa shape index (κ1) is 11.0. The number of nitrogens with zero attached hydrogens (tertiary/aromatic N) is 1. The Kier molecular flexibility index (Phi) is 3.21. The molecule has 1 N–H and O–H groups in total. The smallest absolute Gasteiger partial charge is 0.0209 e. The van der Waals surface area contributed by atoms with Crippen LogP contribution in [0.4, 0.5) is 0 Å². The summed E-state index contributed by atoms with van der Waals surface area (Å²) in [5.74, 6) is 0.985. The van der Waals surface area contributed by atoms with Crippen molar-refractivity contribution >= 4 is 0 Å². The molecule has 2 saturated carbocycles. The number of rotatable bonds is 3. The molecule has 3 aliphatic rings. The highest BCUT2D eigenvalue weighted by molar-refractivity contribution is 4.92. The molecular formula is C14H26N2. The molecule has 1 unspecified atom stereocenters. The third kappa shape index (κ3) is 2.60. The molecule has 0 radical (unpaired) electrons. The van der Waals surface area contributed by atoms with E-state index in [0.717, 1.165) is 24.0 Å². The van der Waals surface area contributed by atoms with Crippen LogP contribution in [-0.2, 0) is 0 Å². The highest BCUT2D eigenvalue weighted by Crippen LogP contribution is 2.30. The molecule has 16 heavy (non-hydrogen) atoms. The van der Waals surface area contributed by atoms with Gasteiger partial charge in [0.15, 0.2) is 0 Å². The van der Waals surface area contributed by atoms with E-state index in [1.54, 1.807) is 0 Å². The first-order valence-corrected chi connectivity index (χ1v) is 7.31. The molecule has 1 atom stereocenters. The highest BCUT2D eigenvalue weighted by atomic mass is 15.2. The van der Waals surface area contributed by atoms with Gasteiger partial charge in [-0.05, 0) is 50.9 Å². The second kappa shape index (κ2) is 4.66. The minimum atomic E-state index is 0.812. The summed E-state index contributed by atoms with van der Waals surface area (Å²) >= 11 is 0. The summed E-state index contributed by atoms with van der Waals surface area (Å²) in [7, 11) is 0. The Morgan fingerprint density at radius 2 is 1.62 bits per heavy atom. The molecule has 1 heterocycles. The SMILES string of the molecule is CC1CCC(N2CCC(NC3CC3)C2)CC1. The molecule has 3 rings (SSSR count). The van der Waals surface area contributed by atoms with E-state index in [4.69, 9.17) is 0 Å². The van der Waals surface area contributed by atoms with Crippen LogP contribution in [0.2, 0.25) is 0 Å². The normalized spacial score (nSPS) is 41.4.